The van der Waals surface area contributed by atoms with Crippen molar-refractivity contribution in [2.45, 2.75) is 25.7 Å². The van der Waals surface area contributed by atoms with Crippen LogP contribution in [0.5, 0.6) is 0 Å². The summed E-state index contributed by atoms with van der Waals surface area (Å²) < 4.78 is 10.4. The summed E-state index contributed by atoms with van der Waals surface area (Å²) >= 11 is 0. The van der Waals surface area contributed by atoms with Gasteiger partial charge in [0.05, 0.1) is 7.11 Å². The van der Waals surface area contributed by atoms with Crippen LogP contribution >= 0.6 is 0 Å². The van der Waals surface area contributed by atoms with Crippen molar-refractivity contribution in [2.24, 2.45) is 11.8 Å². The highest BCUT2D eigenvalue weighted by atomic mass is 16.6. The molecular formula is C19H26N2O4. The summed E-state index contributed by atoms with van der Waals surface area (Å²) in [7, 11) is 1.34. The van der Waals surface area contributed by atoms with E-state index in [0.717, 1.165) is 69.6 Å². The summed E-state index contributed by atoms with van der Waals surface area (Å²) in [6.45, 7) is 5.89. The van der Waals surface area contributed by atoms with E-state index in [-0.39, 0.29) is 5.76 Å². The number of piperidine rings is 6. The molecule has 0 saturated carbocycles. The third-order valence-electron chi connectivity index (χ3n) is 6.16. The topological polar surface area (TPSA) is 59.1 Å². The molecule has 6 heteroatoms. The molecular weight excluding hydrogens is 320 g/mol. The van der Waals surface area contributed by atoms with Crippen LogP contribution in [0.1, 0.15) is 25.7 Å². The number of fused-ring (bicyclic) bond motifs is 6. The van der Waals surface area contributed by atoms with Gasteiger partial charge >= 0.3 is 11.9 Å². The van der Waals surface area contributed by atoms with E-state index in [0.29, 0.717) is 18.4 Å². The fraction of sp³-hybridized carbons (Fsp3) is 0.684. The van der Waals surface area contributed by atoms with Gasteiger partial charge in [0, 0.05) is 19.2 Å². The highest BCUT2D eigenvalue weighted by Gasteiger charge is 2.36. The molecule has 0 aromatic carbocycles. The second kappa shape index (κ2) is 6.92. The monoisotopic (exact) mass is 346 g/mol. The Morgan fingerprint density at radius 2 is 1.56 bits per heavy atom. The maximum absolute atomic E-state index is 12.5. The first-order valence-corrected chi connectivity index (χ1v) is 9.32. The lowest BCUT2D eigenvalue weighted by Crippen LogP contribution is -2.44. The van der Waals surface area contributed by atoms with Crippen LogP contribution < -0.4 is 0 Å². The zero-order valence-electron chi connectivity index (χ0n) is 14.8. The van der Waals surface area contributed by atoms with E-state index in [9.17, 15) is 9.59 Å². The second-order valence-corrected chi connectivity index (χ2v) is 7.59. The minimum atomic E-state index is -0.538. The minimum Gasteiger partial charge on any atom is -0.463 e. The van der Waals surface area contributed by atoms with Crippen LogP contribution in [0.3, 0.4) is 0 Å². The van der Waals surface area contributed by atoms with Crippen molar-refractivity contribution in [3.8, 4) is 0 Å². The summed E-state index contributed by atoms with van der Waals surface area (Å²) in [5, 5.41) is 0. The highest BCUT2D eigenvalue weighted by Crippen LogP contribution is 2.35. The predicted octanol–water partition coefficient (Wildman–Crippen LogP) is 1.33. The van der Waals surface area contributed by atoms with Gasteiger partial charge in [-0.3, -0.25) is 9.80 Å². The molecule has 6 rings (SSSR count). The first kappa shape index (κ1) is 16.8. The van der Waals surface area contributed by atoms with Crippen LogP contribution in [-0.2, 0) is 19.1 Å². The molecule has 0 atom stereocenters. The fourth-order valence-corrected chi connectivity index (χ4v) is 4.69. The van der Waals surface area contributed by atoms with Gasteiger partial charge in [-0.2, -0.15) is 0 Å². The Bertz CT molecular complexity index is 623. The molecule has 6 heterocycles. The molecule has 0 aromatic heterocycles. The zero-order valence-corrected chi connectivity index (χ0v) is 14.8. The molecule has 0 aliphatic carbocycles. The Morgan fingerprint density at radius 3 is 2.04 bits per heavy atom. The first-order chi connectivity index (χ1) is 12.1. The lowest BCUT2D eigenvalue weighted by Gasteiger charge is -2.41. The zero-order chi connectivity index (χ0) is 17.4. The summed E-state index contributed by atoms with van der Waals surface area (Å²) in [5.74, 6) is -0.0301. The third kappa shape index (κ3) is 3.37. The molecule has 6 nitrogen and oxygen atoms in total. The fourth-order valence-electron chi connectivity index (χ4n) is 4.69. The molecule has 0 unspecified atom stereocenters. The van der Waals surface area contributed by atoms with Crippen LogP contribution in [0.4, 0.5) is 0 Å². The van der Waals surface area contributed by atoms with Gasteiger partial charge in [0.25, 0.3) is 0 Å². The lowest BCUT2D eigenvalue weighted by molar-refractivity contribution is -0.147. The maximum Gasteiger partial charge on any atom is 0.374 e. The highest BCUT2D eigenvalue weighted by molar-refractivity contribution is 5.93. The van der Waals surface area contributed by atoms with Crippen molar-refractivity contribution >= 4 is 11.9 Å². The number of rotatable bonds is 3. The predicted molar refractivity (Wildman–Crippen MR) is 91.5 cm³/mol. The smallest absolute Gasteiger partial charge is 0.374 e. The van der Waals surface area contributed by atoms with Gasteiger partial charge in [0.1, 0.15) is 0 Å². The van der Waals surface area contributed by atoms with Crippen molar-refractivity contribution in [3.05, 3.63) is 23.0 Å². The van der Waals surface area contributed by atoms with Crippen LogP contribution in [-0.4, -0.2) is 68.1 Å². The van der Waals surface area contributed by atoms with Gasteiger partial charge in [-0.1, -0.05) is 0 Å². The largest absolute Gasteiger partial charge is 0.463 e. The Morgan fingerprint density at radius 1 is 0.960 bits per heavy atom. The standard InChI is InChI=1S/C19H26N2O4/c1-24-19(23)18(16-12-21-8-4-14(16)5-9-21)25-17(22)10-15-11-20-6-2-13(15)3-7-20/h10,13-14H,2-9,11-12H2,1H3. The van der Waals surface area contributed by atoms with E-state index >= 15 is 0 Å². The van der Waals surface area contributed by atoms with E-state index in [4.69, 9.17) is 9.47 Å². The molecule has 0 aromatic rings. The molecule has 6 aliphatic heterocycles. The van der Waals surface area contributed by atoms with Gasteiger partial charge < -0.3 is 9.47 Å². The second-order valence-electron chi connectivity index (χ2n) is 7.59. The van der Waals surface area contributed by atoms with E-state index in [1.807, 2.05) is 0 Å². The van der Waals surface area contributed by atoms with Gasteiger partial charge in [-0.25, -0.2) is 9.59 Å². The number of ether oxygens (including phenoxy) is 2. The molecule has 0 radical (unpaired) electrons. The number of carbonyl (C=O) groups excluding carboxylic acids is 2. The summed E-state index contributed by atoms with van der Waals surface area (Å²) in [5.41, 5.74) is 2.08. The minimum absolute atomic E-state index is 0.125. The number of esters is 2. The Hall–Kier alpha value is -1.66. The number of hydrogen-bond acceptors (Lipinski definition) is 6. The first-order valence-electron chi connectivity index (χ1n) is 9.32. The lowest BCUT2D eigenvalue weighted by atomic mass is 9.83. The van der Waals surface area contributed by atoms with Gasteiger partial charge in [0.2, 0.25) is 5.76 Å². The Balaban J connectivity index is 1.53. The summed E-state index contributed by atoms with van der Waals surface area (Å²) in [4.78, 5) is 29.4. The maximum atomic E-state index is 12.5. The van der Waals surface area contributed by atoms with Crippen LogP contribution in [0, 0.1) is 11.8 Å². The Kier molecular flexibility index (Phi) is 4.65. The quantitative estimate of drug-likeness (QED) is 0.437. The molecule has 0 amide bonds. The van der Waals surface area contributed by atoms with Gasteiger partial charge in [-0.15, -0.1) is 0 Å². The summed E-state index contributed by atoms with van der Waals surface area (Å²) in [6, 6.07) is 0. The van der Waals surface area contributed by atoms with Crippen molar-refractivity contribution in [2.75, 3.05) is 46.4 Å². The van der Waals surface area contributed by atoms with Crippen LogP contribution in [0.25, 0.3) is 0 Å². The van der Waals surface area contributed by atoms with E-state index < -0.39 is 11.9 Å². The van der Waals surface area contributed by atoms with E-state index in [1.54, 1.807) is 6.08 Å². The van der Waals surface area contributed by atoms with Crippen molar-refractivity contribution < 1.29 is 19.1 Å². The van der Waals surface area contributed by atoms with E-state index in [2.05, 4.69) is 9.80 Å². The normalized spacial score (nSPS) is 37.1. The molecule has 6 aliphatic rings. The van der Waals surface area contributed by atoms with Crippen molar-refractivity contribution in [3.63, 3.8) is 0 Å². The van der Waals surface area contributed by atoms with Crippen molar-refractivity contribution in [1.82, 2.24) is 9.80 Å². The number of nitrogens with zero attached hydrogens (tertiary/aromatic N) is 2. The number of hydrogen-bond donors (Lipinski definition) is 0. The summed E-state index contributed by atoms with van der Waals surface area (Å²) in [6.07, 6.45) is 5.88. The number of carbonyl (C=O) groups is 2. The van der Waals surface area contributed by atoms with E-state index in [1.165, 1.54) is 7.11 Å². The molecule has 6 fully saturated rings. The van der Waals surface area contributed by atoms with Crippen LogP contribution in [0.15, 0.2) is 23.0 Å². The van der Waals surface area contributed by atoms with Gasteiger partial charge in [0.15, 0.2) is 0 Å². The van der Waals surface area contributed by atoms with Crippen LogP contribution in [0.2, 0.25) is 0 Å². The van der Waals surface area contributed by atoms with Gasteiger partial charge in [-0.05, 0) is 74.8 Å². The molecule has 4 bridgehead atoms. The number of methoxy groups -OCH3 is 1. The molecule has 0 spiro atoms. The SMILES string of the molecule is COC(=O)C(OC(=O)C=C1CN2CCC1CC2)=C1CN2CCC1CC2. The molecule has 25 heavy (non-hydrogen) atoms. The molecule has 136 valence electrons. The van der Waals surface area contributed by atoms with Crippen molar-refractivity contribution in [1.29, 1.82) is 0 Å². The third-order valence-corrected chi connectivity index (χ3v) is 6.16. The molecule has 0 N–H and O–H groups in total. The average Bonchev–Trinajstić information content (AvgIpc) is 2.67. The molecule has 6 saturated heterocycles. The average molecular weight is 346 g/mol. The Labute approximate surface area is 148 Å².